The summed E-state index contributed by atoms with van der Waals surface area (Å²) in [6.45, 7) is 0. The van der Waals surface area contributed by atoms with Crippen molar-refractivity contribution in [3.63, 3.8) is 0 Å². The van der Waals surface area contributed by atoms with Gasteiger partial charge in [0.1, 0.15) is 6.33 Å². The standard InChI is InChI=1S/C16H15N5/c1-21(14-10-6-3-7-11-14)16-18-12-17-15(20-16)19-13-8-4-2-5-9-13/h2-12H,1H3,(H,17,18,19,20). The lowest BCUT2D eigenvalue weighted by atomic mass is 10.3. The van der Waals surface area contributed by atoms with E-state index in [9.17, 15) is 0 Å². The van der Waals surface area contributed by atoms with E-state index >= 15 is 0 Å². The molecule has 1 aromatic heterocycles. The molecule has 3 aromatic rings. The minimum absolute atomic E-state index is 0.522. The van der Waals surface area contributed by atoms with E-state index in [0.717, 1.165) is 11.4 Å². The minimum Gasteiger partial charge on any atom is -0.324 e. The first kappa shape index (κ1) is 13.1. The maximum Gasteiger partial charge on any atom is 0.234 e. The molecule has 0 amide bonds. The van der Waals surface area contributed by atoms with Crippen LogP contribution in [0.25, 0.3) is 0 Å². The van der Waals surface area contributed by atoms with Gasteiger partial charge in [0.2, 0.25) is 11.9 Å². The number of benzene rings is 2. The van der Waals surface area contributed by atoms with Gasteiger partial charge in [-0.15, -0.1) is 0 Å². The van der Waals surface area contributed by atoms with Crippen molar-refractivity contribution < 1.29 is 0 Å². The molecule has 0 aliphatic heterocycles. The van der Waals surface area contributed by atoms with Gasteiger partial charge in [0.05, 0.1) is 0 Å². The van der Waals surface area contributed by atoms with Crippen LogP contribution in [-0.2, 0) is 0 Å². The molecule has 21 heavy (non-hydrogen) atoms. The Hall–Kier alpha value is -2.95. The number of aromatic nitrogens is 3. The van der Waals surface area contributed by atoms with Crippen LogP contribution in [0.2, 0.25) is 0 Å². The molecular formula is C16H15N5. The van der Waals surface area contributed by atoms with Crippen molar-refractivity contribution in [3.05, 3.63) is 67.0 Å². The summed E-state index contributed by atoms with van der Waals surface area (Å²) in [6, 6.07) is 19.8. The van der Waals surface area contributed by atoms with Gasteiger partial charge in [-0.1, -0.05) is 36.4 Å². The molecule has 0 aliphatic carbocycles. The molecule has 0 spiro atoms. The monoisotopic (exact) mass is 277 g/mol. The first-order chi connectivity index (χ1) is 10.3. The van der Waals surface area contributed by atoms with Gasteiger partial charge in [-0.3, -0.25) is 0 Å². The third-order valence-corrected chi connectivity index (χ3v) is 3.03. The van der Waals surface area contributed by atoms with Crippen molar-refractivity contribution in [2.75, 3.05) is 17.3 Å². The summed E-state index contributed by atoms with van der Waals surface area (Å²) in [5, 5.41) is 3.16. The predicted octanol–water partition coefficient (Wildman–Crippen LogP) is 3.38. The highest BCUT2D eigenvalue weighted by Gasteiger charge is 2.08. The molecular weight excluding hydrogens is 262 g/mol. The summed E-state index contributed by atoms with van der Waals surface area (Å²) >= 11 is 0. The predicted molar refractivity (Wildman–Crippen MR) is 84.1 cm³/mol. The van der Waals surface area contributed by atoms with Gasteiger partial charge >= 0.3 is 0 Å². The van der Waals surface area contributed by atoms with E-state index in [1.165, 1.54) is 6.33 Å². The largest absolute Gasteiger partial charge is 0.324 e. The summed E-state index contributed by atoms with van der Waals surface area (Å²) in [6.07, 6.45) is 1.51. The topological polar surface area (TPSA) is 53.9 Å². The van der Waals surface area contributed by atoms with Crippen LogP contribution in [0.4, 0.5) is 23.3 Å². The molecule has 0 unspecified atom stereocenters. The molecule has 0 saturated heterocycles. The molecule has 0 bridgehead atoms. The number of nitrogens with one attached hydrogen (secondary N) is 1. The fourth-order valence-electron chi connectivity index (χ4n) is 1.93. The van der Waals surface area contributed by atoms with Crippen molar-refractivity contribution in [3.8, 4) is 0 Å². The molecule has 3 rings (SSSR count). The van der Waals surface area contributed by atoms with Gasteiger partial charge in [0.15, 0.2) is 0 Å². The average molecular weight is 277 g/mol. The number of para-hydroxylation sites is 2. The number of hydrogen-bond acceptors (Lipinski definition) is 5. The van der Waals surface area contributed by atoms with Gasteiger partial charge in [-0.2, -0.15) is 4.98 Å². The quantitative estimate of drug-likeness (QED) is 0.792. The Labute approximate surface area is 123 Å². The molecule has 1 N–H and O–H groups in total. The highest BCUT2D eigenvalue weighted by molar-refractivity contribution is 5.58. The van der Waals surface area contributed by atoms with E-state index in [0.29, 0.717) is 11.9 Å². The lowest BCUT2D eigenvalue weighted by Gasteiger charge is -2.17. The van der Waals surface area contributed by atoms with Crippen LogP contribution in [-0.4, -0.2) is 22.0 Å². The van der Waals surface area contributed by atoms with Gasteiger partial charge in [0.25, 0.3) is 0 Å². The zero-order chi connectivity index (χ0) is 14.5. The van der Waals surface area contributed by atoms with Crippen LogP contribution in [0.3, 0.4) is 0 Å². The fourth-order valence-corrected chi connectivity index (χ4v) is 1.93. The lowest BCUT2D eigenvalue weighted by Crippen LogP contribution is -2.14. The fraction of sp³-hybridized carbons (Fsp3) is 0.0625. The number of hydrogen-bond donors (Lipinski definition) is 1. The highest BCUT2D eigenvalue weighted by atomic mass is 15.3. The second kappa shape index (κ2) is 6.00. The lowest BCUT2D eigenvalue weighted by molar-refractivity contribution is 0.990. The smallest absolute Gasteiger partial charge is 0.234 e. The van der Waals surface area contributed by atoms with E-state index in [1.54, 1.807) is 0 Å². The molecule has 0 saturated carbocycles. The first-order valence-electron chi connectivity index (χ1n) is 6.63. The van der Waals surface area contributed by atoms with Gasteiger partial charge in [-0.25, -0.2) is 9.97 Å². The minimum atomic E-state index is 0.522. The van der Waals surface area contributed by atoms with Crippen molar-refractivity contribution in [1.82, 2.24) is 15.0 Å². The third kappa shape index (κ3) is 3.14. The summed E-state index contributed by atoms with van der Waals surface area (Å²) in [7, 11) is 1.93. The van der Waals surface area contributed by atoms with E-state index in [4.69, 9.17) is 0 Å². The summed E-state index contributed by atoms with van der Waals surface area (Å²) < 4.78 is 0. The molecule has 5 nitrogen and oxygen atoms in total. The van der Waals surface area contributed by atoms with E-state index in [2.05, 4.69) is 20.3 Å². The number of anilines is 4. The highest BCUT2D eigenvalue weighted by Crippen LogP contribution is 2.20. The summed E-state index contributed by atoms with van der Waals surface area (Å²) in [5.41, 5.74) is 1.96. The molecule has 0 fully saturated rings. The molecule has 104 valence electrons. The first-order valence-corrected chi connectivity index (χ1v) is 6.63. The Bertz CT molecular complexity index is 700. The Morgan fingerprint density at radius 2 is 1.52 bits per heavy atom. The average Bonchev–Trinajstić information content (AvgIpc) is 2.56. The van der Waals surface area contributed by atoms with Crippen molar-refractivity contribution >= 4 is 23.3 Å². The van der Waals surface area contributed by atoms with Crippen LogP contribution in [0.5, 0.6) is 0 Å². The van der Waals surface area contributed by atoms with Crippen molar-refractivity contribution in [2.45, 2.75) is 0 Å². The van der Waals surface area contributed by atoms with Crippen LogP contribution < -0.4 is 10.2 Å². The molecule has 5 heteroatoms. The Balaban J connectivity index is 1.83. The molecule has 0 aliphatic rings. The zero-order valence-electron chi connectivity index (χ0n) is 11.6. The molecule has 1 heterocycles. The van der Waals surface area contributed by atoms with Crippen LogP contribution in [0.15, 0.2) is 67.0 Å². The van der Waals surface area contributed by atoms with Gasteiger partial charge < -0.3 is 10.2 Å². The Morgan fingerprint density at radius 1 is 0.857 bits per heavy atom. The number of nitrogens with zero attached hydrogens (tertiary/aromatic N) is 4. The van der Waals surface area contributed by atoms with Crippen molar-refractivity contribution in [2.24, 2.45) is 0 Å². The second-order valence-corrected chi connectivity index (χ2v) is 4.49. The SMILES string of the molecule is CN(c1ccccc1)c1ncnc(Nc2ccccc2)n1. The maximum absolute atomic E-state index is 4.44. The normalized spacial score (nSPS) is 10.1. The molecule has 0 radical (unpaired) electrons. The van der Waals surface area contributed by atoms with Crippen LogP contribution >= 0.6 is 0 Å². The van der Waals surface area contributed by atoms with Crippen LogP contribution in [0, 0.1) is 0 Å². The van der Waals surface area contributed by atoms with Crippen molar-refractivity contribution in [1.29, 1.82) is 0 Å². The van der Waals surface area contributed by atoms with E-state index in [1.807, 2.05) is 72.6 Å². The third-order valence-electron chi connectivity index (χ3n) is 3.03. The van der Waals surface area contributed by atoms with Gasteiger partial charge in [0, 0.05) is 18.4 Å². The zero-order valence-corrected chi connectivity index (χ0v) is 11.6. The van der Waals surface area contributed by atoms with Gasteiger partial charge in [-0.05, 0) is 24.3 Å². The molecule has 2 aromatic carbocycles. The maximum atomic E-state index is 4.44. The Morgan fingerprint density at radius 3 is 2.24 bits per heavy atom. The van der Waals surface area contributed by atoms with E-state index in [-0.39, 0.29) is 0 Å². The Kier molecular flexibility index (Phi) is 3.73. The summed E-state index contributed by atoms with van der Waals surface area (Å²) in [5.74, 6) is 1.11. The van der Waals surface area contributed by atoms with Crippen LogP contribution in [0.1, 0.15) is 0 Å². The second-order valence-electron chi connectivity index (χ2n) is 4.49. The van der Waals surface area contributed by atoms with E-state index < -0.39 is 0 Å². The molecule has 0 atom stereocenters. The summed E-state index contributed by atoms with van der Waals surface area (Å²) in [4.78, 5) is 14.7. The number of rotatable bonds is 4.